The number of nitrogens with one attached hydrogen (secondary N) is 1. The average molecular weight is 346 g/mol. The van der Waals surface area contributed by atoms with E-state index in [1.54, 1.807) is 0 Å². The third-order valence-corrected chi connectivity index (χ3v) is 5.05. The van der Waals surface area contributed by atoms with Gasteiger partial charge in [-0.15, -0.1) is 0 Å². The lowest BCUT2D eigenvalue weighted by atomic mass is 9.93. The number of hydrogen-bond donors (Lipinski definition) is 1. The number of fused-ring (bicyclic) bond motifs is 1. The third kappa shape index (κ3) is 4.34. The molecule has 3 rings (SSSR count). The van der Waals surface area contributed by atoms with E-state index in [1.807, 2.05) is 4.90 Å². The van der Waals surface area contributed by atoms with E-state index >= 15 is 0 Å². The molecule has 2 aliphatic heterocycles. The van der Waals surface area contributed by atoms with Crippen LogP contribution in [0.4, 0.5) is 0 Å². The summed E-state index contributed by atoms with van der Waals surface area (Å²) in [6.07, 6.45) is 6.11. The molecule has 0 radical (unpaired) electrons. The van der Waals surface area contributed by atoms with E-state index in [0.717, 1.165) is 13.0 Å². The molecule has 136 valence electrons. The Bertz CT molecular complexity index is 608. The van der Waals surface area contributed by atoms with Crippen LogP contribution in [0.2, 0.25) is 0 Å². The van der Waals surface area contributed by atoms with Crippen molar-refractivity contribution in [2.75, 3.05) is 26.2 Å². The lowest BCUT2D eigenvalue weighted by molar-refractivity contribution is -0.131. The fourth-order valence-electron chi connectivity index (χ4n) is 3.51. The minimum absolute atomic E-state index is 0.0985. The van der Waals surface area contributed by atoms with Crippen molar-refractivity contribution in [1.29, 1.82) is 0 Å². The summed E-state index contributed by atoms with van der Waals surface area (Å²) < 4.78 is 5.86. The molecule has 1 N–H and O–H groups in total. The minimum Gasteiger partial charge on any atom is -0.376 e. The fourth-order valence-corrected chi connectivity index (χ4v) is 3.51. The van der Waals surface area contributed by atoms with E-state index in [2.05, 4.69) is 29.1 Å². The summed E-state index contributed by atoms with van der Waals surface area (Å²) in [7, 11) is 0. The Labute approximate surface area is 148 Å². The molecule has 7 heteroatoms. The zero-order chi connectivity index (χ0) is 17.8. The zero-order valence-corrected chi connectivity index (χ0v) is 14.9. The van der Waals surface area contributed by atoms with Crippen molar-refractivity contribution in [3.8, 4) is 0 Å². The van der Waals surface area contributed by atoms with Gasteiger partial charge in [0.15, 0.2) is 0 Å². The molecular formula is C18H26N4O3. The molecule has 25 heavy (non-hydrogen) atoms. The van der Waals surface area contributed by atoms with Crippen molar-refractivity contribution in [2.45, 2.75) is 32.8 Å². The summed E-state index contributed by atoms with van der Waals surface area (Å²) in [5.74, 6) is 1.05. The maximum Gasteiger partial charge on any atom is 0.271 e. The topological polar surface area (TPSA) is 84.4 Å². The molecule has 7 nitrogen and oxygen atoms in total. The first-order valence-corrected chi connectivity index (χ1v) is 8.98. The molecule has 1 aromatic heterocycles. The van der Waals surface area contributed by atoms with Gasteiger partial charge >= 0.3 is 0 Å². The lowest BCUT2D eigenvalue weighted by Gasteiger charge is -2.20. The van der Waals surface area contributed by atoms with Crippen LogP contribution in [-0.4, -0.2) is 59.0 Å². The quantitative estimate of drug-likeness (QED) is 0.834. The number of nitrogens with zero attached hydrogens (tertiary/aromatic N) is 3. The van der Waals surface area contributed by atoms with Gasteiger partial charge in [-0.2, -0.15) is 0 Å². The van der Waals surface area contributed by atoms with Gasteiger partial charge in [0.05, 0.1) is 18.9 Å². The minimum atomic E-state index is -0.223. The number of hydrogen-bond acceptors (Lipinski definition) is 5. The van der Waals surface area contributed by atoms with E-state index in [9.17, 15) is 9.59 Å². The Kier molecular flexibility index (Phi) is 5.63. The van der Waals surface area contributed by atoms with Crippen LogP contribution in [0.25, 0.3) is 0 Å². The van der Waals surface area contributed by atoms with Crippen molar-refractivity contribution >= 4 is 11.8 Å². The van der Waals surface area contributed by atoms with Gasteiger partial charge in [0.25, 0.3) is 5.91 Å². The number of carbonyl (C=O) groups is 2. The average Bonchev–Trinajstić information content (AvgIpc) is 3.19. The Morgan fingerprint density at radius 2 is 2.20 bits per heavy atom. The van der Waals surface area contributed by atoms with Crippen LogP contribution in [0.5, 0.6) is 0 Å². The van der Waals surface area contributed by atoms with Gasteiger partial charge in [-0.25, -0.2) is 4.98 Å². The molecule has 2 saturated heterocycles. The molecule has 2 aliphatic rings. The molecule has 3 heterocycles. The first-order chi connectivity index (χ1) is 12.0. The van der Waals surface area contributed by atoms with Gasteiger partial charge < -0.3 is 15.0 Å². The van der Waals surface area contributed by atoms with Gasteiger partial charge in [0, 0.05) is 50.3 Å². The van der Waals surface area contributed by atoms with E-state index < -0.39 is 0 Å². The molecule has 0 spiro atoms. The predicted molar refractivity (Wildman–Crippen MR) is 91.7 cm³/mol. The third-order valence-electron chi connectivity index (χ3n) is 5.05. The zero-order valence-electron chi connectivity index (χ0n) is 14.9. The lowest BCUT2D eigenvalue weighted by Crippen LogP contribution is -2.35. The van der Waals surface area contributed by atoms with Gasteiger partial charge in [0.2, 0.25) is 5.91 Å². The normalized spacial score (nSPS) is 25.2. The monoisotopic (exact) mass is 346 g/mol. The van der Waals surface area contributed by atoms with Crippen molar-refractivity contribution < 1.29 is 14.3 Å². The summed E-state index contributed by atoms with van der Waals surface area (Å²) in [4.78, 5) is 34.3. The number of carbonyl (C=O) groups excluding carboxylic acids is 2. The Balaban J connectivity index is 1.49. The number of ether oxygens (including phenoxy) is 1. The Hall–Kier alpha value is -2.02. The van der Waals surface area contributed by atoms with Crippen LogP contribution in [0.1, 0.15) is 37.2 Å². The first-order valence-electron chi connectivity index (χ1n) is 8.98. The molecule has 0 bridgehead atoms. The maximum absolute atomic E-state index is 12.3. The number of rotatable bonds is 6. The Morgan fingerprint density at radius 3 is 2.92 bits per heavy atom. The number of likely N-dealkylation sites (tertiary alicyclic amines) is 1. The van der Waals surface area contributed by atoms with Crippen LogP contribution in [0.3, 0.4) is 0 Å². The second-order valence-corrected chi connectivity index (χ2v) is 7.33. The van der Waals surface area contributed by atoms with Crippen molar-refractivity contribution in [2.24, 2.45) is 17.8 Å². The first kappa shape index (κ1) is 17.8. The molecule has 2 amide bonds. The van der Waals surface area contributed by atoms with E-state index in [1.165, 1.54) is 18.6 Å². The van der Waals surface area contributed by atoms with Gasteiger partial charge in [-0.05, 0) is 12.3 Å². The summed E-state index contributed by atoms with van der Waals surface area (Å²) in [6, 6.07) is 0. The molecule has 0 aromatic carbocycles. The van der Waals surface area contributed by atoms with Crippen LogP contribution in [0, 0.1) is 17.8 Å². The predicted octanol–water partition coefficient (Wildman–Crippen LogP) is 1.12. The summed E-state index contributed by atoms with van der Waals surface area (Å²) in [5.41, 5.74) is 0.315. The van der Waals surface area contributed by atoms with Crippen molar-refractivity contribution in [3.63, 3.8) is 0 Å². The van der Waals surface area contributed by atoms with Crippen LogP contribution >= 0.6 is 0 Å². The summed E-state index contributed by atoms with van der Waals surface area (Å²) in [6.45, 7) is 6.83. The SMILES string of the molecule is CC(C)CCC(=O)N1C[C@@H]2[C@H](CNC(=O)c3cnccn3)CO[C@@H]2C1. The standard InChI is InChI=1S/C18H26N4O3/c1-12(2)3-4-17(23)22-9-14-13(11-25-16(14)10-22)7-21-18(24)15-8-19-5-6-20-15/h5-6,8,12-14,16H,3-4,7,9-11H2,1-2H3,(H,21,24)/t13-,14-,16-/m1/s1. The van der Waals surface area contributed by atoms with E-state index in [0.29, 0.717) is 43.6 Å². The number of amides is 2. The number of aromatic nitrogens is 2. The highest BCUT2D eigenvalue weighted by Gasteiger charge is 2.44. The van der Waals surface area contributed by atoms with Crippen LogP contribution < -0.4 is 5.32 Å². The molecule has 3 atom stereocenters. The fraction of sp³-hybridized carbons (Fsp3) is 0.667. The van der Waals surface area contributed by atoms with Gasteiger partial charge in [-0.1, -0.05) is 13.8 Å². The summed E-state index contributed by atoms with van der Waals surface area (Å²) >= 11 is 0. The van der Waals surface area contributed by atoms with Crippen LogP contribution in [0.15, 0.2) is 18.6 Å². The highest BCUT2D eigenvalue weighted by molar-refractivity contribution is 5.91. The highest BCUT2D eigenvalue weighted by atomic mass is 16.5. The van der Waals surface area contributed by atoms with Crippen molar-refractivity contribution in [3.05, 3.63) is 24.3 Å². The second kappa shape index (κ2) is 7.91. The van der Waals surface area contributed by atoms with Crippen LogP contribution in [-0.2, 0) is 9.53 Å². The molecule has 0 saturated carbocycles. The van der Waals surface area contributed by atoms with Gasteiger partial charge in [0.1, 0.15) is 5.69 Å². The Morgan fingerprint density at radius 1 is 1.36 bits per heavy atom. The molecule has 2 fully saturated rings. The molecule has 0 unspecified atom stereocenters. The molecule has 1 aromatic rings. The highest BCUT2D eigenvalue weighted by Crippen LogP contribution is 2.33. The van der Waals surface area contributed by atoms with E-state index in [-0.39, 0.29) is 23.8 Å². The largest absolute Gasteiger partial charge is 0.376 e. The molecular weight excluding hydrogens is 320 g/mol. The smallest absolute Gasteiger partial charge is 0.271 e. The summed E-state index contributed by atoms with van der Waals surface area (Å²) in [5, 5.41) is 2.91. The van der Waals surface area contributed by atoms with Crippen molar-refractivity contribution in [1.82, 2.24) is 20.2 Å². The maximum atomic E-state index is 12.3. The second-order valence-electron chi connectivity index (χ2n) is 7.33. The van der Waals surface area contributed by atoms with Gasteiger partial charge in [-0.3, -0.25) is 14.6 Å². The molecule has 0 aliphatic carbocycles. The van der Waals surface area contributed by atoms with E-state index in [4.69, 9.17) is 4.74 Å².